The van der Waals surface area contributed by atoms with E-state index in [4.69, 9.17) is 9.47 Å². The van der Waals surface area contributed by atoms with Crippen LogP contribution in [0.3, 0.4) is 0 Å². The minimum atomic E-state index is 0.0967. The van der Waals surface area contributed by atoms with Crippen molar-refractivity contribution >= 4 is 6.29 Å². The highest BCUT2D eigenvalue weighted by molar-refractivity contribution is 5.69. The largest absolute Gasteiger partial charge is 0.464 e. The number of allylic oxidation sites excluding steroid dienone is 2. The molecule has 0 unspecified atom stereocenters. The fourth-order valence-electron chi connectivity index (χ4n) is 1.19. The lowest BCUT2D eigenvalue weighted by Crippen LogP contribution is -2.01. The van der Waals surface area contributed by atoms with Gasteiger partial charge in [-0.25, -0.2) is 0 Å². The normalized spacial score (nSPS) is 11.2. The Balaban J connectivity index is 2.21. The van der Waals surface area contributed by atoms with Gasteiger partial charge in [0.25, 0.3) is 0 Å². The lowest BCUT2D eigenvalue weighted by atomic mass is 10.2. The minimum Gasteiger partial charge on any atom is -0.464 e. The molecule has 0 N–H and O–H groups in total. The lowest BCUT2D eigenvalue weighted by Gasteiger charge is -2.06. The average Bonchev–Trinajstić information content (AvgIpc) is 2.34. The van der Waals surface area contributed by atoms with Crippen molar-refractivity contribution in [2.75, 3.05) is 6.79 Å². The van der Waals surface area contributed by atoms with E-state index in [9.17, 15) is 4.79 Å². The Morgan fingerprint density at radius 2 is 2.06 bits per heavy atom. The molecule has 0 aliphatic rings. The van der Waals surface area contributed by atoms with Crippen LogP contribution in [0.4, 0.5) is 0 Å². The van der Waals surface area contributed by atoms with E-state index < -0.39 is 0 Å². The number of carbonyl (C=O) groups excluding carboxylic acids is 1. The third-order valence-corrected chi connectivity index (χ3v) is 1.94. The summed E-state index contributed by atoms with van der Waals surface area (Å²) in [5.74, 6) is 0.329. The number of benzene rings is 1. The summed E-state index contributed by atoms with van der Waals surface area (Å²) >= 11 is 0. The van der Waals surface area contributed by atoms with Crippen LogP contribution >= 0.6 is 0 Å². The first-order valence-electron chi connectivity index (χ1n) is 5.26. The van der Waals surface area contributed by atoms with Gasteiger partial charge in [0.2, 0.25) is 0 Å². The summed E-state index contributed by atoms with van der Waals surface area (Å²) in [6.07, 6.45) is 3.18. The molecule has 1 rings (SSSR count). The Morgan fingerprint density at radius 3 is 2.69 bits per heavy atom. The summed E-state index contributed by atoms with van der Waals surface area (Å²) in [5.41, 5.74) is 1.08. The second-order valence-corrected chi connectivity index (χ2v) is 3.23. The monoisotopic (exact) mass is 220 g/mol. The highest BCUT2D eigenvalue weighted by Crippen LogP contribution is 2.02. The predicted molar refractivity (Wildman–Crippen MR) is 61.6 cm³/mol. The van der Waals surface area contributed by atoms with Gasteiger partial charge in [-0.15, -0.1) is 0 Å². The van der Waals surface area contributed by atoms with E-state index in [0.717, 1.165) is 12.0 Å². The smallest absolute Gasteiger partial charge is 0.189 e. The molecule has 1 aromatic rings. The van der Waals surface area contributed by atoms with E-state index in [0.29, 0.717) is 18.7 Å². The first-order valence-corrected chi connectivity index (χ1v) is 5.26. The Bertz CT molecular complexity index is 330. The van der Waals surface area contributed by atoms with Crippen LogP contribution in [0.2, 0.25) is 0 Å². The first kappa shape index (κ1) is 12.5. The molecule has 1 aromatic carbocycles. The van der Waals surface area contributed by atoms with E-state index in [2.05, 4.69) is 0 Å². The fraction of sp³-hybridized carbons (Fsp3) is 0.308. The van der Waals surface area contributed by atoms with Crippen molar-refractivity contribution in [1.82, 2.24) is 0 Å². The van der Waals surface area contributed by atoms with Crippen molar-refractivity contribution in [2.45, 2.75) is 20.0 Å². The predicted octanol–water partition coefficient (Wildman–Crippen LogP) is 2.67. The zero-order chi connectivity index (χ0) is 11.6. The number of hydrogen-bond donors (Lipinski definition) is 0. The number of hydrogen-bond acceptors (Lipinski definition) is 3. The topological polar surface area (TPSA) is 35.5 Å². The number of ether oxygens (including phenoxy) is 2. The van der Waals surface area contributed by atoms with E-state index >= 15 is 0 Å². The second-order valence-electron chi connectivity index (χ2n) is 3.23. The van der Waals surface area contributed by atoms with Gasteiger partial charge in [-0.1, -0.05) is 37.3 Å². The van der Waals surface area contributed by atoms with Gasteiger partial charge in [0.1, 0.15) is 0 Å². The lowest BCUT2D eigenvalue weighted by molar-refractivity contribution is -0.111. The molecule has 3 heteroatoms. The number of carbonyl (C=O) groups is 1. The quantitative estimate of drug-likeness (QED) is 0.233. The van der Waals surface area contributed by atoms with Gasteiger partial charge in [-0.3, -0.25) is 4.79 Å². The molecule has 0 fully saturated rings. The highest BCUT2D eigenvalue weighted by atomic mass is 16.7. The fourth-order valence-corrected chi connectivity index (χ4v) is 1.19. The van der Waals surface area contributed by atoms with E-state index in [-0.39, 0.29) is 6.79 Å². The maximum Gasteiger partial charge on any atom is 0.189 e. The molecule has 3 nitrogen and oxygen atoms in total. The van der Waals surface area contributed by atoms with Crippen LogP contribution < -0.4 is 0 Å². The molecule has 0 heterocycles. The third kappa shape index (κ3) is 4.75. The number of aldehydes is 1. The van der Waals surface area contributed by atoms with Crippen LogP contribution in [0, 0.1) is 0 Å². The second kappa shape index (κ2) is 7.65. The Hall–Kier alpha value is -1.61. The summed E-state index contributed by atoms with van der Waals surface area (Å²) in [7, 11) is 0. The maximum absolute atomic E-state index is 10.5. The average molecular weight is 220 g/mol. The molecule has 0 atom stereocenters. The Kier molecular flexibility index (Phi) is 5.96. The van der Waals surface area contributed by atoms with Gasteiger partial charge in [0, 0.05) is 0 Å². The molecule has 0 aliphatic heterocycles. The van der Waals surface area contributed by atoms with Crippen LogP contribution in [0.25, 0.3) is 0 Å². The summed E-state index contributed by atoms with van der Waals surface area (Å²) < 4.78 is 10.4. The van der Waals surface area contributed by atoms with Gasteiger partial charge in [-0.05, 0) is 18.1 Å². The van der Waals surface area contributed by atoms with Crippen LogP contribution in [-0.2, 0) is 20.9 Å². The van der Waals surface area contributed by atoms with Crippen LogP contribution in [0.1, 0.15) is 18.9 Å². The van der Waals surface area contributed by atoms with Gasteiger partial charge >= 0.3 is 0 Å². The highest BCUT2D eigenvalue weighted by Gasteiger charge is 1.95. The minimum absolute atomic E-state index is 0.0967. The van der Waals surface area contributed by atoms with Crippen molar-refractivity contribution in [3.8, 4) is 0 Å². The molecule has 0 aliphatic carbocycles. The van der Waals surface area contributed by atoms with E-state index in [1.54, 1.807) is 6.08 Å². The summed E-state index contributed by atoms with van der Waals surface area (Å²) in [4.78, 5) is 10.5. The molecular weight excluding hydrogens is 204 g/mol. The van der Waals surface area contributed by atoms with E-state index in [1.165, 1.54) is 0 Å². The zero-order valence-electron chi connectivity index (χ0n) is 9.39. The molecule has 0 saturated heterocycles. The zero-order valence-corrected chi connectivity index (χ0v) is 9.39. The van der Waals surface area contributed by atoms with Crippen molar-refractivity contribution in [3.63, 3.8) is 0 Å². The van der Waals surface area contributed by atoms with Crippen LogP contribution in [0.5, 0.6) is 0 Å². The van der Waals surface area contributed by atoms with Gasteiger partial charge in [0.05, 0.1) is 6.61 Å². The standard InChI is InChI=1S/C13H16O3/c1-2-6-13(9-14)16-11-15-10-12-7-4-3-5-8-12/h3-9H,2,10-11H2,1H3/b13-6+. The molecule has 0 amide bonds. The van der Waals surface area contributed by atoms with Crippen LogP contribution in [0.15, 0.2) is 42.2 Å². The maximum atomic E-state index is 10.5. The van der Waals surface area contributed by atoms with Crippen LogP contribution in [-0.4, -0.2) is 13.1 Å². The Morgan fingerprint density at radius 1 is 1.31 bits per heavy atom. The molecule has 0 bridgehead atoms. The SMILES string of the molecule is CC/C=C(\C=O)OCOCc1ccccc1. The van der Waals surface area contributed by atoms with Crippen molar-refractivity contribution < 1.29 is 14.3 Å². The molecule has 0 aromatic heterocycles. The van der Waals surface area contributed by atoms with Gasteiger partial charge < -0.3 is 9.47 Å². The van der Waals surface area contributed by atoms with E-state index in [1.807, 2.05) is 37.3 Å². The first-order chi connectivity index (χ1) is 7.86. The third-order valence-electron chi connectivity index (χ3n) is 1.94. The molecule has 0 radical (unpaired) electrons. The van der Waals surface area contributed by atoms with Crippen molar-refractivity contribution in [1.29, 1.82) is 0 Å². The molecule has 86 valence electrons. The van der Waals surface area contributed by atoms with Gasteiger partial charge in [-0.2, -0.15) is 0 Å². The molecular formula is C13H16O3. The number of rotatable bonds is 7. The molecule has 0 saturated carbocycles. The summed E-state index contributed by atoms with van der Waals surface area (Å²) in [6.45, 7) is 2.52. The van der Waals surface area contributed by atoms with Crippen molar-refractivity contribution in [3.05, 3.63) is 47.7 Å². The van der Waals surface area contributed by atoms with Gasteiger partial charge in [0.15, 0.2) is 18.8 Å². The Labute approximate surface area is 95.7 Å². The molecule has 0 spiro atoms. The summed E-state index contributed by atoms with van der Waals surface area (Å²) in [6, 6.07) is 9.81. The molecule has 16 heavy (non-hydrogen) atoms. The van der Waals surface area contributed by atoms with Crippen molar-refractivity contribution in [2.24, 2.45) is 0 Å². The summed E-state index contributed by atoms with van der Waals surface area (Å²) in [5, 5.41) is 0.